The van der Waals surface area contributed by atoms with Gasteiger partial charge in [0.2, 0.25) is 5.88 Å². The Morgan fingerprint density at radius 3 is 2.50 bits per heavy atom. The van der Waals surface area contributed by atoms with Gasteiger partial charge < -0.3 is 9.84 Å². The van der Waals surface area contributed by atoms with Gasteiger partial charge in [0.1, 0.15) is 6.10 Å². The van der Waals surface area contributed by atoms with Crippen molar-refractivity contribution in [1.82, 2.24) is 4.98 Å². The summed E-state index contributed by atoms with van der Waals surface area (Å²) in [4.78, 5) is 15.1. The third-order valence-corrected chi connectivity index (χ3v) is 3.38. The summed E-state index contributed by atoms with van der Waals surface area (Å²) in [6, 6.07) is 3.22. The number of hydrogen-bond donors (Lipinski definition) is 1. The molecule has 0 unspecified atom stereocenters. The highest BCUT2D eigenvalue weighted by Gasteiger charge is 2.15. The molecule has 1 fully saturated rings. The van der Waals surface area contributed by atoms with Crippen molar-refractivity contribution in [3.8, 4) is 5.88 Å². The van der Waals surface area contributed by atoms with Gasteiger partial charge >= 0.3 is 5.97 Å². The molecule has 0 aromatic carbocycles. The third-order valence-electron chi connectivity index (χ3n) is 3.38. The number of pyridine rings is 1. The van der Waals surface area contributed by atoms with Gasteiger partial charge in [0.15, 0.2) is 0 Å². The van der Waals surface area contributed by atoms with Gasteiger partial charge in [-0.3, -0.25) is 0 Å². The van der Waals surface area contributed by atoms with E-state index in [4.69, 9.17) is 9.84 Å². The van der Waals surface area contributed by atoms with Crippen molar-refractivity contribution in [3.63, 3.8) is 0 Å². The Labute approximate surface area is 107 Å². The quantitative estimate of drug-likeness (QED) is 0.836. The summed E-state index contributed by atoms with van der Waals surface area (Å²) < 4.78 is 5.85. The van der Waals surface area contributed by atoms with Crippen LogP contribution in [0.25, 0.3) is 0 Å². The van der Waals surface area contributed by atoms with Crippen LogP contribution in [0.4, 0.5) is 0 Å². The maximum Gasteiger partial charge on any atom is 0.337 e. The second-order valence-corrected chi connectivity index (χ2v) is 4.82. The van der Waals surface area contributed by atoms with Crippen LogP contribution in [-0.2, 0) is 0 Å². The summed E-state index contributed by atoms with van der Waals surface area (Å²) in [6.45, 7) is 1.70. The molecule has 4 nitrogen and oxygen atoms in total. The molecule has 18 heavy (non-hydrogen) atoms. The van der Waals surface area contributed by atoms with Crippen LogP contribution in [0, 0.1) is 6.92 Å². The fourth-order valence-corrected chi connectivity index (χ4v) is 2.36. The summed E-state index contributed by atoms with van der Waals surface area (Å²) in [5.74, 6) is -0.398. The van der Waals surface area contributed by atoms with E-state index in [-0.39, 0.29) is 11.7 Å². The first-order valence-electron chi connectivity index (χ1n) is 6.54. The van der Waals surface area contributed by atoms with Crippen LogP contribution in [0.5, 0.6) is 5.88 Å². The van der Waals surface area contributed by atoms with Gasteiger partial charge in [-0.1, -0.05) is 12.8 Å². The van der Waals surface area contributed by atoms with Crippen molar-refractivity contribution in [2.75, 3.05) is 0 Å². The number of rotatable bonds is 3. The lowest BCUT2D eigenvalue weighted by molar-refractivity contribution is 0.0695. The van der Waals surface area contributed by atoms with Crippen molar-refractivity contribution < 1.29 is 14.6 Å². The van der Waals surface area contributed by atoms with Crippen LogP contribution >= 0.6 is 0 Å². The number of carbonyl (C=O) groups is 1. The second-order valence-electron chi connectivity index (χ2n) is 4.82. The Kier molecular flexibility index (Phi) is 4.18. The van der Waals surface area contributed by atoms with E-state index >= 15 is 0 Å². The van der Waals surface area contributed by atoms with Crippen molar-refractivity contribution in [2.45, 2.75) is 51.6 Å². The minimum Gasteiger partial charge on any atom is -0.478 e. The normalized spacial score (nSPS) is 17.2. The zero-order chi connectivity index (χ0) is 13.0. The van der Waals surface area contributed by atoms with Gasteiger partial charge in [-0.25, -0.2) is 9.78 Å². The van der Waals surface area contributed by atoms with Crippen LogP contribution in [0.2, 0.25) is 0 Å². The molecule has 0 aliphatic heterocycles. The van der Waals surface area contributed by atoms with Gasteiger partial charge in [-0.2, -0.15) is 0 Å². The molecule has 0 saturated heterocycles. The predicted octanol–water partition coefficient (Wildman–Crippen LogP) is 3.19. The summed E-state index contributed by atoms with van der Waals surface area (Å²) >= 11 is 0. The fourth-order valence-electron chi connectivity index (χ4n) is 2.36. The largest absolute Gasteiger partial charge is 0.478 e. The van der Waals surface area contributed by atoms with Crippen LogP contribution in [0.3, 0.4) is 0 Å². The zero-order valence-electron chi connectivity index (χ0n) is 10.7. The van der Waals surface area contributed by atoms with Gasteiger partial charge in [0, 0.05) is 6.07 Å². The Bertz CT molecular complexity index is 423. The van der Waals surface area contributed by atoms with E-state index in [0.29, 0.717) is 11.6 Å². The van der Waals surface area contributed by atoms with E-state index in [1.165, 1.54) is 25.7 Å². The molecule has 0 bridgehead atoms. The maximum absolute atomic E-state index is 10.9. The predicted molar refractivity (Wildman–Crippen MR) is 68.1 cm³/mol. The van der Waals surface area contributed by atoms with Crippen LogP contribution in [0.15, 0.2) is 12.1 Å². The number of aromatic carboxylic acids is 1. The minimum atomic E-state index is -0.944. The highest BCUT2D eigenvalue weighted by Crippen LogP contribution is 2.22. The van der Waals surface area contributed by atoms with E-state index in [0.717, 1.165) is 12.8 Å². The van der Waals surface area contributed by atoms with Gasteiger partial charge in [-0.15, -0.1) is 0 Å². The molecule has 2 rings (SSSR count). The summed E-state index contributed by atoms with van der Waals surface area (Å²) in [7, 11) is 0. The lowest BCUT2D eigenvalue weighted by Gasteiger charge is -2.16. The number of ether oxygens (including phenoxy) is 1. The molecular formula is C14H19NO3. The molecule has 4 heteroatoms. The molecule has 0 radical (unpaired) electrons. The topological polar surface area (TPSA) is 59.4 Å². The first-order chi connectivity index (χ1) is 8.66. The maximum atomic E-state index is 10.9. The first-order valence-corrected chi connectivity index (χ1v) is 6.54. The summed E-state index contributed by atoms with van der Waals surface area (Å²) in [5, 5.41) is 8.93. The van der Waals surface area contributed by atoms with Crippen molar-refractivity contribution in [3.05, 3.63) is 23.4 Å². The van der Waals surface area contributed by atoms with Crippen molar-refractivity contribution in [1.29, 1.82) is 0 Å². The average molecular weight is 249 g/mol. The zero-order valence-corrected chi connectivity index (χ0v) is 10.7. The van der Waals surface area contributed by atoms with Crippen molar-refractivity contribution >= 4 is 5.97 Å². The first kappa shape index (κ1) is 12.9. The summed E-state index contributed by atoms with van der Waals surface area (Å²) in [6.07, 6.45) is 7.35. The van der Waals surface area contributed by atoms with E-state index in [2.05, 4.69) is 4.98 Å². The Balaban J connectivity index is 2.05. The number of hydrogen-bond acceptors (Lipinski definition) is 3. The molecule has 0 atom stereocenters. The highest BCUT2D eigenvalue weighted by atomic mass is 16.5. The van der Waals surface area contributed by atoms with Crippen molar-refractivity contribution in [2.24, 2.45) is 0 Å². The van der Waals surface area contributed by atoms with Crippen LogP contribution in [0.1, 0.15) is 54.6 Å². The molecule has 1 aromatic heterocycles. The SMILES string of the molecule is Cc1nc(OC2CCCCCC2)ccc1C(=O)O. The van der Waals surface area contributed by atoms with Gasteiger partial charge in [0.25, 0.3) is 0 Å². The number of carboxylic acids is 1. The molecular weight excluding hydrogens is 230 g/mol. The number of carboxylic acid groups (broad SMARTS) is 1. The molecule has 1 N–H and O–H groups in total. The lowest BCUT2D eigenvalue weighted by atomic mass is 10.1. The molecule has 0 amide bonds. The van der Waals surface area contributed by atoms with Gasteiger partial charge in [-0.05, 0) is 38.7 Å². The van der Waals surface area contributed by atoms with E-state index < -0.39 is 5.97 Å². The van der Waals surface area contributed by atoms with E-state index in [1.807, 2.05) is 0 Å². The molecule has 0 spiro atoms. The molecule has 1 heterocycles. The van der Waals surface area contributed by atoms with Crippen LogP contribution < -0.4 is 4.74 Å². The Morgan fingerprint density at radius 2 is 1.94 bits per heavy atom. The monoisotopic (exact) mass is 249 g/mol. The number of nitrogens with zero attached hydrogens (tertiary/aromatic N) is 1. The molecule has 1 aromatic rings. The average Bonchev–Trinajstić information content (AvgIpc) is 2.57. The Hall–Kier alpha value is -1.58. The van der Waals surface area contributed by atoms with Crippen LogP contribution in [-0.4, -0.2) is 22.2 Å². The highest BCUT2D eigenvalue weighted by molar-refractivity contribution is 5.88. The molecule has 1 saturated carbocycles. The third kappa shape index (κ3) is 3.22. The summed E-state index contributed by atoms with van der Waals surface area (Å²) in [5.41, 5.74) is 0.747. The number of aromatic nitrogens is 1. The van der Waals surface area contributed by atoms with Gasteiger partial charge in [0.05, 0.1) is 11.3 Å². The molecule has 98 valence electrons. The van der Waals surface area contributed by atoms with E-state index in [9.17, 15) is 4.79 Å². The van der Waals surface area contributed by atoms with E-state index in [1.54, 1.807) is 19.1 Å². The Morgan fingerprint density at radius 1 is 1.28 bits per heavy atom. The molecule has 1 aliphatic rings. The molecule has 1 aliphatic carbocycles. The second kappa shape index (κ2) is 5.85. The number of aryl methyl sites for hydroxylation is 1. The fraction of sp³-hybridized carbons (Fsp3) is 0.571. The smallest absolute Gasteiger partial charge is 0.337 e. The minimum absolute atomic E-state index is 0.232. The lowest BCUT2D eigenvalue weighted by Crippen LogP contribution is -2.16. The standard InChI is InChI=1S/C14H19NO3/c1-10-12(14(16)17)8-9-13(15-10)18-11-6-4-2-3-5-7-11/h8-9,11H,2-7H2,1H3,(H,16,17).